The lowest BCUT2D eigenvalue weighted by molar-refractivity contribution is 0.0587. The summed E-state index contributed by atoms with van der Waals surface area (Å²) in [5.74, 6) is 1.43. The minimum Gasteiger partial charge on any atom is -0.474 e. The summed E-state index contributed by atoms with van der Waals surface area (Å²) in [6.07, 6.45) is 1.71. The number of aryl methyl sites for hydroxylation is 2. The number of likely N-dealkylation sites (tertiary alicyclic amines) is 1. The third-order valence-corrected chi connectivity index (χ3v) is 4.59. The summed E-state index contributed by atoms with van der Waals surface area (Å²) in [6.45, 7) is 5.19. The van der Waals surface area contributed by atoms with Crippen molar-refractivity contribution in [3.63, 3.8) is 0 Å². The maximum absolute atomic E-state index is 12.7. The van der Waals surface area contributed by atoms with Gasteiger partial charge in [0.2, 0.25) is 5.88 Å². The van der Waals surface area contributed by atoms with Gasteiger partial charge in [-0.25, -0.2) is 4.98 Å². The predicted molar refractivity (Wildman–Crippen MR) is 102 cm³/mol. The first-order valence-corrected chi connectivity index (χ1v) is 8.98. The highest BCUT2D eigenvalue weighted by atomic mass is 16.5. The molecule has 1 aliphatic rings. The van der Waals surface area contributed by atoms with Gasteiger partial charge in [-0.1, -0.05) is 0 Å². The summed E-state index contributed by atoms with van der Waals surface area (Å²) in [7, 11) is 3.98. The Morgan fingerprint density at radius 3 is 2.35 bits per heavy atom. The predicted octanol–water partition coefficient (Wildman–Crippen LogP) is 2.84. The van der Waals surface area contributed by atoms with E-state index in [9.17, 15) is 4.79 Å². The van der Waals surface area contributed by atoms with Crippen molar-refractivity contribution in [1.29, 1.82) is 0 Å². The van der Waals surface area contributed by atoms with E-state index in [0.29, 0.717) is 24.8 Å². The van der Waals surface area contributed by atoms with Crippen LogP contribution in [-0.2, 0) is 0 Å². The lowest BCUT2D eigenvalue weighted by Gasteiger charge is -2.32. The van der Waals surface area contributed by atoms with Crippen LogP contribution in [0, 0.1) is 13.8 Å². The van der Waals surface area contributed by atoms with Crippen molar-refractivity contribution in [2.75, 3.05) is 32.1 Å². The Kier molecular flexibility index (Phi) is 5.40. The molecule has 0 saturated carbocycles. The molecule has 1 saturated heterocycles. The first-order chi connectivity index (χ1) is 12.4. The summed E-state index contributed by atoms with van der Waals surface area (Å²) in [4.78, 5) is 25.2. The van der Waals surface area contributed by atoms with Gasteiger partial charge in [0.05, 0.1) is 0 Å². The number of anilines is 1. The molecule has 2 heterocycles. The van der Waals surface area contributed by atoms with E-state index < -0.39 is 0 Å². The number of hydrogen-bond donors (Lipinski definition) is 0. The van der Waals surface area contributed by atoms with Gasteiger partial charge < -0.3 is 14.5 Å². The first-order valence-electron chi connectivity index (χ1n) is 8.98. The Labute approximate surface area is 154 Å². The van der Waals surface area contributed by atoms with Crippen LogP contribution in [0.3, 0.4) is 0 Å². The van der Waals surface area contributed by atoms with E-state index in [4.69, 9.17) is 4.74 Å². The number of amides is 1. The van der Waals surface area contributed by atoms with Gasteiger partial charge in [-0.05, 0) is 38.1 Å². The maximum Gasteiger partial charge on any atom is 0.253 e. The summed E-state index contributed by atoms with van der Waals surface area (Å²) < 4.78 is 6.00. The summed E-state index contributed by atoms with van der Waals surface area (Å²) in [6, 6.07) is 9.60. The van der Waals surface area contributed by atoms with E-state index in [0.717, 1.165) is 29.8 Å². The lowest BCUT2D eigenvalue weighted by atomic mass is 10.1. The van der Waals surface area contributed by atoms with Gasteiger partial charge in [0.1, 0.15) is 11.9 Å². The third-order valence-electron chi connectivity index (χ3n) is 4.59. The van der Waals surface area contributed by atoms with Gasteiger partial charge in [0.25, 0.3) is 5.91 Å². The Morgan fingerprint density at radius 1 is 1.12 bits per heavy atom. The van der Waals surface area contributed by atoms with Crippen LogP contribution in [0.2, 0.25) is 0 Å². The molecular weight excluding hydrogens is 328 g/mol. The zero-order valence-corrected chi connectivity index (χ0v) is 15.9. The van der Waals surface area contributed by atoms with Crippen LogP contribution >= 0.6 is 0 Å². The van der Waals surface area contributed by atoms with Crippen molar-refractivity contribution in [2.24, 2.45) is 0 Å². The van der Waals surface area contributed by atoms with E-state index in [1.165, 1.54) is 0 Å². The molecule has 0 unspecified atom stereocenters. The zero-order valence-electron chi connectivity index (χ0n) is 15.9. The zero-order chi connectivity index (χ0) is 18.7. The molecule has 0 N–H and O–H groups in total. The smallest absolute Gasteiger partial charge is 0.253 e. The minimum absolute atomic E-state index is 0.0856. The number of piperidine rings is 1. The van der Waals surface area contributed by atoms with Gasteiger partial charge in [-0.15, -0.1) is 0 Å². The molecule has 26 heavy (non-hydrogen) atoms. The SMILES string of the molecule is Cc1cc(OC2CCN(C(=O)c3ccc(N(C)C)cc3)CC2)nc(C)n1. The highest BCUT2D eigenvalue weighted by molar-refractivity contribution is 5.94. The van der Waals surface area contributed by atoms with Crippen LogP contribution in [-0.4, -0.2) is 54.1 Å². The van der Waals surface area contributed by atoms with E-state index in [1.54, 1.807) is 0 Å². The average molecular weight is 354 g/mol. The van der Waals surface area contributed by atoms with E-state index in [1.807, 2.05) is 68.1 Å². The molecule has 0 bridgehead atoms. The maximum atomic E-state index is 12.7. The standard InChI is InChI=1S/C20H26N4O2/c1-14-13-19(22-15(2)21-14)26-18-9-11-24(12-10-18)20(25)16-5-7-17(8-6-16)23(3)4/h5-8,13,18H,9-12H2,1-4H3. The molecule has 6 heteroatoms. The van der Waals surface area contributed by atoms with Crippen molar-refractivity contribution in [3.05, 3.63) is 47.4 Å². The molecule has 0 atom stereocenters. The van der Waals surface area contributed by atoms with Crippen LogP contribution in [0.4, 0.5) is 5.69 Å². The monoisotopic (exact) mass is 354 g/mol. The number of carbonyl (C=O) groups excluding carboxylic acids is 1. The average Bonchev–Trinajstić information content (AvgIpc) is 2.61. The van der Waals surface area contributed by atoms with Gasteiger partial charge in [0.15, 0.2) is 0 Å². The largest absolute Gasteiger partial charge is 0.474 e. The number of carbonyl (C=O) groups is 1. The molecule has 2 aromatic rings. The minimum atomic E-state index is 0.0856. The normalized spacial score (nSPS) is 15.0. The number of aromatic nitrogens is 2. The van der Waals surface area contributed by atoms with Gasteiger partial charge in [-0.2, -0.15) is 4.98 Å². The molecular formula is C20H26N4O2. The van der Waals surface area contributed by atoms with E-state index >= 15 is 0 Å². The van der Waals surface area contributed by atoms with Crippen LogP contribution in [0.1, 0.15) is 34.7 Å². The van der Waals surface area contributed by atoms with E-state index in [2.05, 4.69) is 9.97 Å². The van der Waals surface area contributed by atoms with Crippen molar-refractivity contribution >= 4 is 11.6 Å². The van der Waals surface area contributed by atoms with Gasteiger partial charge in [0, 0.05) is 63.0 Å². The molecule has 1 aliphatic heterocycles. The number of benzene rings is 1. The van der Waals surface area contributed by atoms with Crippen molar-refractivity contribution in [2.45, 2.75) is 32.8 Å². The fraction of sp³-hybridized carbons (Fsp3) is 0.450. The molecule has 6 nitrogen and oxygen atoms in total. The molecule has 1 aromatic heterocycles. The molecule has 3 rings (SSSR count). The topological polar surface area (TPSA) is 58.6 Å². The highest BCUT2D eigenvalue weighted by Crippen LogP contribution is 2.20. The number of nitrogens with zero attached hydrogens (tertiary/aromatic N) is 4. The van der Waals surface area contributed by atoms with Crippen LogP contribution in [0.15, 0.2) is 30.3 Å². The second-order valence-corrected chi connectivity index (χ2v) is 6.95. The summed E-state index contributed by atoms with van der Waals surface area (Å²) in [5, 5.41) is 0. The number of hydrogen-bond acceptors (Lipinski definition) is 5. The molecule has 1 amide bonds. The van der Waals surface area contributed by atoms with Gasteiger partial charge >= 0.3 is 0 Å². The van der Waals surface area contributed by atoms with Gasteiger partial charge in [-0.3, -0.25) is 4.79 Å². The Bertz CT molecular complexity index is 746. The Morgan fingerprint density at radius 2 is 1.77 bits per heavy atom. The Balaban J connectivity index is 1.56. The lowest BCUT2D eigenvalue weighted by Crippen LogP contribution is -2.41. The fourth-order valence-corrected chi connectivity index (χ4v) is 3.18. The molecule has 0 aliphatic carbocycles. The number of ether oxygens (including phenoxy) is 1. The summed E-state index contributed by atoms with van der Waals surface area (Å²) >= 11 is 0. The van der Waals surface area contributed by atoms with Crippen LogP contribution < -0.4 is 9.64 Å². The Hall–Kier alpha value is -2.63. The van der Waals surface area contributed by atoms with Crippen LogP contribution in [0.5, 0.6) is 5.88 Å². The second-order valence-electron chi connectivity index (χ2n) is 6.95. The molecule has 1 aromatic carbocycles. The molecule has 1 fully saturated rings. The quantitative estimate of drug-likeness (QED) is 0.845. The third kappa shape index (κ3) is 4.31. The fourth-order valence-electron chi connectivity index (χ4n) is 3.18. The molecule has 0 spiro atoms. The van der Waals surface area contributed by atoms with E-state index in [-0.39, 0.29) is 12.0 Å². The second kappa shape index (κ2) is 7.72. The highest BCUT2D eigenvalue weighted by Gasteiger charge is 2.25. The van der Waals surface area contributed by atoms with Crippen molar-refractivity contribution < 1.29 is 9.53 Å². The van der Waals surface area contributed by atoms with Crippen molar-refractivity contribution in [1.82, 2.24) is 14.9 Å². The number of rotatable bonds is 4. The van der Waals surface area contributed by atoms with Crippen LogP contribution in [0.25, 0.3) is 0 Å². The molecule has 0 radical (unpaired) electrons. The summed E-state index contributed by atoms with van der Waals surface area (Å²) in [5.41, 5.74) is 2.72. The molecule has 138 valence electrons. The van der Waals surface area contributed by atoms with Crippen molar-refractivity contribution in [3.8, 4) is 5.88 Å². The first kappa shape index (κ1) is 18.2.